The highest BCUT2D eigenvalue weighted by molar-refractivity contribution is 9.10. The summed E-state index contributed by atoms with van der Waals surface area (Å²) in [5.74, 6) is 0.700. The van der Waals surface area contributed by atoms with Gasteiger partial charge >= 0.3 is 0 Å². The van der Waals surface area contributed by atoms with E-state index in [0.29, 0.717) is 5.92 Å². The highest BCUT2D eigenvalue weighted by atomic mass is 79.9. The second-order valence-corrected chi connectivity index (χ2v) is 8.55. The van der Waals surface area contributed by atoms with E-state index >= 15 is 0 Å². The molecule has 3 heteroatoms. The lowest BCUT2D eigenvalue weighted by atomic mass is 9.94. The predicted octanol–water partition coefficient (Wildman–Crippen LogP) is 6.11. The van der Waals surface area contributed by atoms with Crippen molar-refractivity contribution in [3.05, 3.63) is 64.1 Å². The van der Waals surface area contributed by atoms with Crippen LogP contribution in [-0.2, 0) is 12.8 Å². The van der Waals surface area contributed by atoms with Crippen LogP contribution >= 0.6 is 43.6 Å². The lowest BCUT2D eigenvalue weighted by Gasteiger charge is -2.18. The molecule has 0 spiro atoms. The minimum Gasteiger partial charge on any atom is -0.122 e. The fourth-order valence-electron chi connectivity index (χ4n) is 2.96. The summed E-state index contributed by atoms with van der Waals surface area (Å²) in [6, 6.07) is 17.5. The lowest BCUT2D eigenvalue weighted by Crippen LogP contribution is -2.14. The van der Waals surface area contributed by atoms with E-state index in [1.165, 1.54) is 33.3 Å². The first-order valence-corrected chi connectivity index (χ1v) is 10.1. The summed E-state index contributed by atoms with van der Waals surface area (Å²) in [5.41, 5.74) is 2.96. The Bertz CT molecular complexity index is 587. The molecule has 0 saturated heterocycles. The van der Waals surface area contributed by atoms with E-state index in [1.54, 1.807) is 0 Å². The summed E-state index contributed by atoms with van der Waals surface area (Å²) >= 11 is 9.34. The van der Waals surface area contributed by atoms with E-state index in [1.807, 2.05) is 0 Å². The molecular formula is C18H18Br2S. The Kier molecular flexibility index (Phi) is 5.47. The van der Waals surface area contributed by atoms with Crippen LogP contribution in [0.25, 0.3) is 0 Å². The average Bonchev–Trinajstić information content (AvgIpc) is 2.89. The minimum absolute atomic E-state index is 0.700. The Morgan fingerprint density at radius 1 is 1.14 bits per heavy atom. The van der Waals surface area contributed by atoms with Crippen molar-refractivity contribution in [1.29, 1.82) is 0 Å². The van der Waals surface area contributed by atoms with Crippen LogP contribution in [0.1, 0.15) is 17.5 Å². The van der Waals surface area contributed by atoms with Crippen molar-refractivity contribution in [2.75, 3.05) is 5.33 Å². The maximum absolute atomic E-state index is 3.71. The summed E-state index contributed by atoms with van der Waals surface area (Å²) in [6.45, 7) is 0. The summed E-state index contributed by atoms with van der Waals surface area (Å²) in [7, 11) is 0. The van der Waals surface area contributed by atoms with Gasteiger partial charge in [-0.15, -0.1) is 11.8 Å². The third-order valence-corrected chi connectivity index (χ3v) is 6.70. The normalized spacial score (nSPS) is 18.5. The Balaban J connectivity index is 1.61. The number of hydrogen-bond acceptors (Lipinski definition) is 1. The Morgan fingerprint density at radius 2 is 2.00 bits per heavy atom. The first-order chi connectivity index (χ1) is 10.2. The standard InChI is InChI=1S/C18H18Br2S/c19-12-14(8-13-4-3-6-16(20)9-13)10-17-11-15-5-1-2-7-18(15)21-17/h1-7,9,14,17H,8,10-12H2. The predicted molar refractivity (Wildman–Crippen MR) is 99.5 cm³/mol. The van der Waals surface area contributed by atoms with Crippen molar-refractivity contribution in [2.45, 2.75) is 29.4 Å². The second kappa shape index (κ2) is 7.34. The van der Waals surface area contributed by atoms with Gasteiger partial charge in [0.25, 0.3) is 0 Å². The highest BCUT2D eigenvalue weighted by Crippen LogP contribution is 2.40. The van der Waals surface area contributed by atoms with E-state index in [9.17, 15) is 0 Å². The van der Waals surface area contributed by atoms with Crippen molar-refractivity contribution in [1.82, 2.24) is 0 Å². The summed E-state index contributed by atoms with van der Waals surface area (Å²) in [4.78, 5) is 1.48. The monoisotopic (exact) mass is 424 g/mol. The molecule has 0 amide bonds. The molecular weight excluding hydrogens is 408 g/mol. The molecule has 1 aliphatic heterocycles. The van der Waals surface area contributed by atoms with Gasteiger partial charge in [-0.3, -0.25) is 0 Å². The van der Waals surface area contributed by atoms with Gasteiger partial charge in [0, 0.05) is 19.9 Å². The fourth-order valence-corrected chi connectivity index (χ4v) is 5.35. The van der Waals surface area contributed by atoms with Crippen molar-refractivity contribution >= 4 is 43.6 Å². The number of benzene rings is 2. The molecule has 0 radical (unpaired) electrons. The van der Waals surface area contributed by atoms with Crippen LogP contribution in [0.15, 0.2) is 57.9 Å². The second-order valence-electron chi connectivity index (χ2n) is 5.64. The van der Waals surface area contributed by atoms with E-state index in [0.717, 1.165) is 17.0 Å². The van der Waals surface area contributed by atoms with Crippen LogP contribution in [-0.4, -0.2) is 10.6 Å². The van der Waals surface area contributed by atoms with E-state index in [4.69, 9.17) is 0 Å². The van der Waals surface area contributed by atoms with Gasteiger partial charge in [0.1, 0.15) is 0 Å². The fraction of sp³-hybridized carbons (Fsp3) is 0.333. The zero-order chi connectivity index (χ0) is 14.7. The molecule has 0 N–H and O–H groups in total. The van der Waals surface area contributed by atoms with Crippen LogP contribution in [0, 0.1) is 5.92 Å². The number of hydrogen-bond donors (Lipinski definition) is 0. The number of thioether (sulfide) groups is 1. The molecule has 3 rings (SSSR count). The molecule has 2 atom stereocenters. The number of alkyl halides is 1. The van der Waals surface area contributed by atoms with Gasteiger partial charge in [-0.2, -0.15) is 0 Å². The van der Waals surface area contributed by atoms with E-state index in [-0.39, 0.29) is 0 Å². The van der Waals surface area contributed by atoms with Gasteiger partial charge in [0.2, 0.25) is 0 Å². The molecule has 110 valence electrons. The molecule has 1 heterocycles. The molecule has 0 saturated carbocycles. The van der Waals surface area contributed by atoms with Crippen molar-refractivity contribution in [3.8, 4) is 0 Å². The van der Waals surface area contributed by atoms with Crippen molar-refractivity contribution in [3.63, 3.8) is 0 Å². The largest absolute Gasteiger partial charge is 0.122 e. The highest BCUT2D eigenvalue weighted by Gasteiger charge is 2.24. The van der Waals surface area contributed by atoms with Crippen LogP contribution in [0.2, 0.25) is 0 Å². The SMILES string of the molecule is BrCC(Cc1cccc(Br)c1)CC1Cc2ccccc2S1. The molecule has 2 aromatic carbocycles. The number of rotatable bonds is 5. The topological polar surface area (TPSA) is 0 Å². The van der Waals surface area contributed by atoms with Gasteiger partial charge in [0.05, 0.1) is 0 Å². The minimum atomic E-state index is 0.700. The summed E-state index contributed by atoms with van der Waals surface area (Å²) in [5, 5.41) is 1.81. The Labute approximate surface area is 148 Å². The molecule has 1 aliphatic rings. The average molecular weight is 426 g/mol. The van der Waals surface area contributed by atoms with Gasteiger partial charge in [-0.25, -0.2) is 0 Å². The summed E-state index contributed by atoms with van der Waals surface area (Å²) < 4.78 is 1.18. The zero-order valence-corrected chi connectivity index (χ0v) is 15.8. The Hall–Kier alpha value is -0.250. The van der Waals surface area contributed by atoms with E-state index in [2.05, 4.69) is 92.2 Å². The molecule has 0 nitrogen and oxygen atoms in total. The maximum Gasteiger partial charge on any atom is 0.0177 e. The number of halogens is 2. The van der Waals surface area contributed by atoms with Gasteiger partial charge in [-0.05, 0) is 54.5 Å². The van der Waals surface area contributed by atoms with Crippen molar-refractivity contribution in [2.24, 2.45) is 5.92 Å². The van der Waals surface area contributed by atoms with Crippen LogP contribution in [0.3, 0.4) is 0 Å². The van der Waals surface area contributed by atoms with Gasteiger partial charge in [0.15, 0.2) is 0 Å². The lowest BCUT2D eigenvalue weighted by molar-refractivity contribution is 0.530. The van der Waals surface area contributed by atoms with E-state index < -0.39 is 0 Å². The molecule has 2 unspecified atom stereocenters. The Morgan fingerprint density at radius 3 is 2.76 bits per heavy atom. The molecule has 0 aromatic heterocycles. The van der Waals surface area contributed by atoms with Gasteiger partial charge in [-0.1, -0.05) is 62.2 Å². The molecule has 0 aliphatic carbocycles. The summed E-state index contributed by atoms with van der Waals surface area (Å²) in [6.07, 6.45) is 3.65. The first kappa shape index (κ1) is 15.6. The molecule has 0 fully saturated rings. The quantitative estimate of drug-likeness (QED) is 0.520. The van der Waals surface area contributed by atoms with Crippen LogP contribution < -0.4 is 0 Å². The molecule has 2 aromatic rings. The third-order valence-electron chi connectivity index (χ3n) is 3.94. The first-order valence-electron chi connectivity index (χ1n) is 7.29. The molecule has 21 heavy (non-hydrogen) atoms. The number of fused-ring (bicyclic) bond motifs is 1. The maximum atomic E-state index is 3.71. The zero-order valence-electron chi connectivity index (χ0n) is 11.8. The third kappa shape index (κ3) is 4.14. The van der Waals surface area contributed by atoms with Crippen LogP contribution in [0.5, 0.6) is 0 Å². The smallest absolute Gasteiger partial charge is 0.0177 e. The molecule has 0 bridgehead atoms. The van der Waals surface area contributed by atoms with Crippen molar-refractivity contribution < 1.29 is 0 Å². The van der Waals surface area contributed by atoms with Crippen LogP contribution in [0.4, 0.5) is 0 Å². The van der Waals surface area contributed by atoms with Gasteiger partial charge < -0.3 is 0 Å².